The molecule has 8 heteroatoms. The third-order valence-electron chi connectivity index (χ3n) is 2.91. The third kappa shape index (κ3) is 5.62. The van der Waals surface area contributed by atoms with Gasteiger partial charge in [-0.15, -0.1) is 0 Å². The number of benzene rings is 1. The highest BCUT2D eigenvalue weighted by molar-refractivity contribution is 5.73. The Bertz CT molecular complexity index is 646. The number of nitrogens with one attached hydrogen (secondary N) is 2. The molecule has 0 bridgehead atoms. The van der Waals surface area contributed by atoms with Gasteiger partial charge in [0.05, 0.1) is 11.5 Å². The Morgan fingerprint density at radius 1 is 1.13 bits per heavy atom. The van der Waals surface area contributed by atoms with Crippen molar-refractivity contribution < 1.29 is 14.5 Å². The van der Waals surface area contributed by atoms with E-state index in [0.29, 0.717) is 18.8 Å². The molecule has 2 N–H and O–H groups in total. The topological polar surface area (TPSA) is 106 Å². The maximum Gasteiger partial charge on any atom is 0.315 e. The lowest BCUT2D eigenvalue weighted by molar-refractivity contribution is -0.384. The summed E-state index contributed by atoms with van der Waals surface area (Å²) in [6, 6.07) is 9.10. The predicted octanol–water partition coefficient (Wildman–Crippen LogP) is 1.87. The van der Waals surface area contributed by atoms with E-state index in [-0.39, 0.29) is 18.3 Å². The molecule has 0 unspecified atom stereocenters. The third-order valence-corrected chi connectivity index (χ3v) is 2.91. The molecule has 120 valence electrons. The van der Waals surface area contributed by atoms with E-state index >= 15 is 0 Å². The minimum atomic E-state index is -0.474. The number of nitro groups is 1. The number of aromatic nitrogens is 1. The minimum absolute atomic E-state index is 0.00552. The van der Waals surface area contributed by atoms with E-state index in [0.717, 1.165) is 5.56 Å². The first-order chi connectivity index (χ1) is 11.1. The second kappa shape index (κ2) is 8.32. The van der Waals surface area contributed by atoms with Gasteiger partial charge in [0, 0.05) is 31.1 Å². The Hall–Kier alpha value is -3.16. The van der Waals surface area contributed by atoms with Crippen molar-refractivity contribution in [3.05, 3.63) is 64.5 Å². The first-order valence-electron chi connectivity index (χ1n) is 6.93. The highest BCUT2D eigenvalue weighted by Gasteiger charge is 2.04. The summed E-state index contributed by atoms with van der Waals surface area (Å²) in [4.78, 5) is 25.5. The van der Waals surface area contributed by atoms with E-state index in [1.807, 2.05) is 12.1 Å². The summed E-state index contributed by atoms with van der Waals surface area (Å²) in [6.07, 6.45) is 3.32. The van der Waals surface area contributed by atoms with Crippen LogP contribution in [0.15, 0.2) is 48.8 Å². The Labute approximate surface area is 132 Å². The lowest BCUT2D eigenvalue weighted by Gasteiger charge is -2.09. The Balaban J connectivity index is 1.63. The molecule has 1 heterocycles. The number of ether oxygens (including phenoxy) is 1. The molecule has 1 aromatic heterocycles. The van der Waals surface area contributed by atoms with Gasteiger partial charge < -0.3 is 15.4 Å². The molecule has 0 aliphatic carbocycles. The summed E-state index contributed by atoms with van der Waals surface area (Å²) in [6.45, 7) is 0.997. The summed E-state index contributed by atoms with van der Waals surface area (Å²) < 4.78 is 5.38. The van der Waals surface area contributed by atoms with Crippen molar-refractivity contribution >= 4 is 11.7 Å². The molecule has 2 rings (SSSR count). The van der Waals surface area contributed by atoms with Crippen molar-refractivity contribution in [2.24, 2.45) is 0 Å². The number of nitrogens with zero attached hydrogens (tertiary/aromatic N) is 2. The van der Waals surface area contributed by atoms with Gasteiger partial charge in [0.1, 0.15) is 12.4 Å². The standard InChI is InChI=1S/C15H16N4O4/c20-15(18-11-12-5-7-16-8-6-12)17-9-10-23-14-3-1-13(2-4-14)19(21)22/h1-8H,9-11H2,(H2,17,18,20). The SMILES string of the molecule is O=C(NCCOc1ccc([N+](=O)[O-])cc1)NCc1ccncc1. The number of amides is 2. The highest BCUT2D eigenvalue weighted by Crippen LogP contribution is 2.16. The van der Waals surface area contributed by atoms with Crippen molar-refractivity contribution in [1.82, 2.24) is 15.6 Å². The number of urea groups is 1. The average Bonchev–Trinajstić information content (AvgIpc) is 2.58. The minimum Gasteiger partial charge on any atom is -0.492 e. The zero-order chi connectivity index (χ0) is 16.5. The van der Waals surface area contributed by atoms with Crippen molar-refractivity contribution in [2.75, 3.05) is 13.2 Å². The second-order valence-electron chi connectivity index (χ2n) is 4.56. The normalized spacial score (nSPS) is 9.91. The second-order valence-corrected chi connectivity index (χ2v) is 4.56. The van der Waals surface area contributed by atoms with Crippen LogP contribution in [-0.4, -0.2) is 29.1 Å². The van der Waals surface area contributed by atoms with Crippen LogP contribution in [0.4, 0.5) is 10.5 Å². The maximum atomic E-state index is 11.6. The van der Waals surface area contributed by atoms with E-state index in [9.17, 15) is 14.9 Å². The predicted molar refractivity (Wildman–Crippen MR) is 83.1 cm³/mol. The van der Waals surface area contributed by atoms with Crippen LogP contribution < -0.4 is 15.4 Å². The monoisotopic (exact) mass is 316 g/mol. The summed E-state index contributed by atoms with van der Waals surface area (Å²) in [5, 5.41) is 15.9. The summed E-state index contributed by atoms with van der Waals surface area (Å²) in [5.74, 6) is 0.509. The van der Waals surface area contributed by atoms with Gasteiger partial charge in [-0.05, 0) is 29.8 Å². The molecule has 0 spiro atoms. The number of rotatable bonds is 7. The van der Waals surface area contributed by atoms with Gasteiger partial charge in [-0.1, -0.05) is 0 Å². The highest BCUT2D eigenvalue weighted by atomic mass is 16.6. The smallest absolute Gasteiger partial charge is 0.315 e. The van der Waals surface area contributed by atoms with E-state index in [4.69, 9.17) is 4.74 Å². The van der Waals surface area contributed by atoms with Crippen LogP contribution in [-0.2, 0) is 6.54 Å². The lowest BCUT2D eigenvalue weighted by Crippen LogP contribution is -2.37. The molecule has 0 saturated heterocycles. The van der Waals surface area contributed by atoms with Crippen molar-refractivity contribution in [3.63, 3.8) is 0 Å². The zero-order valence-corrected chi connectivity index (χ0v) is 12.3. The van der Waals surface area contributed by atoms with Gasteiger partial charge >= 0.3 is 6.03 Å². The van der Waals surface area contributed by atoms with E-state index in [2.05, 4.69) is 15.6 Å². The first-order valence-corrected chi connectivity index (χ1v) is 6.93. The number of hydrogen-bond donors (Lipinski definition) is 2. The van der Waals surface area contributed by atoms with Gasteiger partial charge in [-0.3, -0.25) is 15.1 Å². The lowest BCUT2D eigenvalue weighted by atomic mass is 10.3. The van der Waals surface area contributed by atoms with Crippen molar-refractivity contribution in [2.45, 2.75) is 6.54 Å². The van der Waals surface area contributed by atoms with Crippen LogP contribution in [0, 0.1) is 10.1 Å². The Kier molecular flexibility index (Phi) is 5.87. The fourth-order valence-corrected chi connectivity index (χ4v) is 1.74. The summed E-state index contributed by atoms with van der Waals surface area (Å²) >= 11 is 0. The van der Waals surface area contributed by atoms with Gasteiger partial charge in [0.2, 0.25) is 0 Å². The average molecular weight is 316 g/mol. The number of carbonyl (C=O) groups is 1. The van der Waals surface area contributed by atoms with Crippen LogP contribution >= 0.6 is 0 Å². The van der Waals surface area contributed by atoms with Gasteiger partial charge in [-0.25, -0.2) is 4.79 Å². The van der Waals surface area contributed by atoms with E-state index in [1.54, 1.807) is 12.4 Å². The number of nitro benzene ring substituents is 1. The van der Waals surface area contributed by atoms with Crippen LogP contribution in [0.2, 0.25) is 0 Å². The van der Waals surface area contributed by atoms with Crippen LogP contribution in [0.5, 0.6) is 5.75 Å². The largest absolute Gasteiger partial charge is 0.492 e. The molecule has 23 heavy (non-hydrogen) atoms. The summed E-state index contributed by atoms with van der Waals surface area (Å²) in [7, 11) is 0. The molecule has 0 radical (unpaired) electrons. The van der Waals surface area contributed by atoms with Crippen molar-refractivity contribution in [3.8, 4) is 5.75 Å². The number of hydrogen-bond acceptors (Lipinski definition) is 5. The molecule has 0 saturated carbocycles. The number of pyridine rings is 1. The first kappa shape index (κ1) is 16.2. The molecular formula is C15H16N4O4. The van der Waals surface area contributed by atoms with Crippen LogP contribution in [0.1, 0.15) is 5.56 Å². The molecule has 2 aromatic rings. The molecule has 0 aliphatic heterocycles. The molecule has 8 nitrogen and oxygen atoms in total. The van der Waals surface area contributed by atoms with E-state index < -0.39 is 4.92 Å². The molecule has 1 aromatic carbocycles. The molecule has 0 fully saturated rings. The summed E-state index contributed by atoms with van der Waals surface area (Å²) in [5.41, 5.74) is 0.961. The van der Waals surface area contributed by atoms with Crippen molar-refractivity contribution in [1.29, 1.82) is 0 Å². The Morgan fingerprint density at radius 2 is 1.83 bits per heavy atom. The molecule has 0 aliphatic rings. The fourth-order valence-electron chi connectivity index (χ4n) is 1.74. The zero-order valence-electron chi connectivity index (χ0n) is 12.3. The van der Waals surface area contributed by atoms with Gasteiger partial charge in [0.15, 0.2) is 0 Å². The quantitative estimate of drug-likeness (QED) is 0.461. The van der Waals surface area contributed by atoms with E-state index in [1.165, 1.54) is 24.3 Å². The fraction of sp³-hybridized carbons (Fsp3) is 0.200. The Morgan fingerprint density at radius 3 is 2.48 bits per heavy atom. The molecular weight excluding hydrogens is 300 g/mol. The number of carbonyl (C=O) groups excluding carboxylic acids is 1. The molecule has 2 amide bonds. The van der Waals surface area contributed by atoms with Crippen LogP contribution in [0.3, 0.4) is 0 Å². The van der Waals surface area contributed by atoms with Crippen LogP contribution in [0.25, 0.3) is 0 Å². The number of non-ortho nitro benzene ring substituents is 1. The van der Waals surface area contributed by atoms with Gasteiger partial charge in [-0.2, -0.15) is 0 Å². The van der Waals surface area contributed by atoms with Gasteiger partial charge in [0.25, 0.3) is 5.69 Å². The maximum absolute atomic E-state index is 11.6. The molecule has 0 atom stereocenters.